The molecule has 4 rings (SSSR count). The van der Waals surface area contributed by atoms with Gasteiger partial charge in [-0.15, -0.1) is 0 Å². The van der Waals surface area contributed by atoms with E-state index >= 15 is 0 Å². The van der Waals surface area contributed by atoms with E-state index in [-0.39, 0.29) is 47.3 Å². The molecule has 0 amide bonds. The predicted octanol–water partition coefficient (Wildman–Crippen LogP) is 5.87. The highest BCUT2D eigenvalue weighted by atomic mass is 32.2. The van der Waals surface area contributed by atoms with Gasteiger partial charge in [-0.1, -0.05) is 18.2 Å². The maximum atomic E-state index is 12.1. The number of aromatic hydroxyl groups is 2. The zero-order chi connectivity index (χ0) is 28.0. The van der Waals surface area contributed by atoms with Gasteiger partial charge in [-0.2, -0.15) is 28.9 Å². The largest absolute Gasteiger partial charge is 0.508 e. The van der Waals surface area contributed by atoms with E-state index in [4.69, 9.17) is 0 Å². The number of hydrogen-bond donors (Lipinski definition) is 4. The number of carbonyl (C=O) groups is 1. The van der Waals surface area contributed by atoms with Gasteiger partial charge in [0.2, 0.25) is 0 Å². The van der Waals surface area contributed by atoms with Crippen LogP contribution in [-0.2, 0) is 21.5 Å². The Morgan fingerprint density at radius 3 is 1.87 bits per heavy atom. The van der Waals surface area contributed by atoms with E-state index in [1.807, 2.05) is 0 Å². The molecule has 0 saturated carbocycles. The van der Waals surface area contributed by atoms with E-state index in [0.717, 1.165) is 6.07 Å². The molecule has 0 spiro atoms. The Hall–Kier alpha value is -4.98. The van der Waals surface area contributed by atoms with Crippen LogP contribution in [0.1, 0.15) is 5.56 Å². The van der Waals surface area contributed by atoms with Crippen molar-refractivity contribution >= 4 is 39.3 Å². The fraction of sp³-hybridized carbons (Fsp3) is 0.0385. The van der Waals surface area contributed by atoms with Crippen molar-refractivity contribution in [3.05, 3.63) is 84.4 Å². The lowest BCUT2D eigenvalue weighted by Crippen LogP contribution is -2.00. The molecule has 0 heterocycles. The third-order valence-corrected chi connectivity index (χ3v) is 6.23. The summed E-state index contributed by atoms with van der Waals surface area (Å²) in [6.45, 7) is -0.208. The monoisotopic (exact) mass is 548 g/mol. The van der Waals surface area contributed by atoms with Crippen molar-refractivity contribution in [2.75, 3.05) is 0 Å². The Morgan fingerprint density at radius 1 is 0.718 bits per heavy atom. The number of aliphatic hydroxyl groups is 1. The van der Waals surface area contributed by atoms with Crippen LogP contribution >= 0.6 is 0 Å². The van der Waals surface area contributed by atoms with Crippen LogP contribution in [0.2, 0.25) is 0 Å². The molecule has 4 N–H and O–H groups in total. The van der Waals surface area contributed by atoms with Gasteiger partial charge in [0.15, 0.2) is 11.5 Å². The van der Waals surface area contributed by atoms with Crippen LogP contribution < -0.4 is 4.74 Å². The predicted molar refractivity (Wildman–Crippen MR) is 139 cm³/mol. The molecule has 4 aromatic carbocycles. The number of aliphatic hydroxyl groups excluding tert-OH is 1. The fourth-order valence-electron chi connectivity index (χ4n) is 3.44. The number of azo groups is 2. The van der Waals surface area contributed by atoms with Crippen LogP contribution in [0.5, 0.6) is 17.2 Å². The molecule has 0 bridgehead atoms. The number of carbonyl (C=O) groups excluding carboxylic acids is 1. The standard InChI is InChI=1S/C26H20N4O8S/c31-14-17-11-19(6-9-23(17)33)28-27-18-3-1-16(2-4-18)22-8-5-21(13-26(22)39(35,36)37)30-29-20-7-10-24(34)25(12-20)38-15-32/h1-13,15,31,33-34H,14H2,(H,35,36,37). The van der Waals surface area contributed by atoms with E-state index in [0.29, 0.717) is 22.5 Å². The van der Waals surface area contributed by atoms with Crippen molar-refractivity contribution in [1.82, 2.24) is 0 Å². The van der Waals surface area contributed by atoms with Gasteiger partial charge in [-0.25, -0.2) is 0 Å². The van der Waals surface area contributed by atoms with Gasteiger partial charge in [0.25, 0.3) is 16.6 Å². The van der Waals surface area contributed by atoms with Crippen LogP contribution in [0.15, 0.2) is 104 Å². The zero-order valence-electron chi connectivity index (χ0n) is 19.9. The molecule has 0 aliphatic carbocycles. The topological polar surface area (TPSA) is 191 Å². The first-order valence-corrected chi connectivity index (χ1v) is 12.5. The minimum absolute atomic E-state index is 0.0541. The first-order chi connectivity index (χ1) is 18.7. The molecule has 0 aliphatic heterocycles. The lowest BCUT2D eigenvalue weighted by molar-refractivity contribution is -0.120. The fourth-order valence-corrected chi connectivity index (χ4v) is 4.17. The van der Waals surface area contributed by atoms with Gasteiger partial charge < -0.3 is 20.1 Å². The number of nitrogens with zero attached hydrogens (tertiary/aromatic N) is 4. The normalized spacial score (nSPS) is 11.7. The lowest BCUT2D eigenvalue weighted by Gasteiger charge is -2.08. The zero-order valence-corrected chi connectivity index (χ0v) is 20.7. The maximum absolute atomic E-state index is 12.1. The van der Waals surface area contributed by atoms with Gasteiger partial charge >= 0.3 is 0 Å². The average molecular weight is 549 g/mol. The van der Waals surface area contributed by atoms with Gasteiger partial charge in [0.05, 0.1) is 29.4 Å². The second-order valence-electron chi connectivity index (χ2n) is 7.94. The smallest absolute Gasteiger partial charge is 0.298 e. The highest BCUT2D eigenvalue weighted by molar-refractivity contribution is 7.86. The Morgan fingerprint density at radius 2 is 1.26 bits per heavy atom. The van der Waals surface area contributed by atoms with Crippen molar-refractivity contribution in [1.29, 1.82) is 0 Å². The summed E-state index contributed by atoms with van der Waals surface area (Å²) in [6.07, 6.45) is 0. The maximum Gasteiger partial charge on any atom is 0.298 e. The van der Waals surface area contributed by atoms with Gasteiger partial charge in [0.1, 0.15) is 10.6 Å². The molecule has 0 radical (unpaired) electrons. The molecular formula is C26H20N4O8S. The molecule has 4 aromatic rings. The van der Waals surface area contributed by atoms with Crippen LogP contribution in [0.3, 0.4) is 0 Å². The Kier molecular flexibility index (Phi) is 8.05. The summed E-state index contributed by atoms with van der Waals surface area (Å²) in [5.41, 5.74) is 2.17. The summed E-state index contributed by atoms with van der Waals surface area (Å²) < 4.78 is 38.8. The number of hydrogen-bond acceptors (Lipinski definition) is 11. The van der Waals surface area contributed by atoms with Crippen molar-refractivity contribution in [2.24, 2.45) is 20.5 Å². The second kappa shape index (κ2) is 11.6. The first kappa shape index (κ1) is 27.1. The van der Waals surface area contributed by atoms with E-state index < -0.39 is 15.0 Å². The van der Waals surface area contributed by atoms with Crippen LogP contribution in [0.4, 0.5) is 22.7 Å². The molecule has 0 atom stereocenters. The third kappa shape index (κ3) is 6.67. The Balaban J connectivity index is 1.59. The lowest BCUT2D eigenvalue weighted by atomic mass is 10.0. The molecule has 39 heavy (non-hydrogen) atoms. The summed E-state index contributed by atoms with van der Waals surface area (Å²) >= 11 is 0. The Labute approximate surface area is 222 Å². The highest BCUT2D eigenvalue weighted by Gasteiger charge is 2.18. The second-order valence-corrected chi connectivity index (χ2v) is 9.33. The molecule has 0 aliphatic rings. The van der Waals surface area contributed by atoms with Crippen molar-refractivity contribution in [3.63, 3.8) is 0 Å². The molecule has 0 aromatic heterocycles. The van der Waals surface area contributed by atoms with E-state index in [9.17, 15) is 33.1 Å². The van der Waals surface area contributed by atoms with E-state index in [2.05, 4.69) is 25.2 Å². The molecule has 0 saturated heterocycles. The van der Waals surface area contributed by atoms with E-state index in [1.54, 1.807) is 24.3 Å². The van der Waals surface area contributed by atoms with E-state index in [1.165, 1.54) is 48.5 Å². The van der Waals surface area contributed by atoms with Crippen LogP contribution in [-0.4, -0.2) is 34.8 Å². The minimum atomic E-state index is -4.65. The summed E-state index contributed by atoms with van der Waals surface area (Å²) in [6, 6.07) is 18.8. The summed E-state index contributed by atoms with van der Waals surface area (Å²) in [7, 11) is -4.65. The molecular weight excluding hydrogens is 528 g/mol. The Bertz CT molecular complexity index is 1690. The number of phenols is 2. The van der Waals surface area contributed by atoms with Gasteiger partial charge in [-0.3, -0.25) is 9.35 Å². The quantitative estimate of drug-likeness (QED) is 0.113. The molecule has 12 nitrogen and oxygen atoms in total. The first-order valence-electron chi connectivity index (χ1n) is 11.1. The highest BCUT2D eigenvalue weighted by Crippen LogP contribution is 2.34. The third-order valence-electron chi connectivity index (χ3n) is 5.34. The van der Waals surface area contributed by atoms with Gasteiger partial charge in [0, 0.05) is 17.2 Å². The molecule has 13 heteroatoms. The molecule has 0 unspecified atom stereocenters. The van der Waals surface area contributed by atoms with Crippen molar-refractivity contribution in [3.8, 4) is 28.4 Å². The summed E-state index contributed by atoms with van der Waals surface area (Å²) in [5.74, 6) is -0.458. The number of rotatable bonds is 9. The summed E-state index contributed by atoms with van der Waals surface area (Å²) in [5, 5.41) is 44.7. The van der Waals surface area contributed by atoms with Crippen molar-refractivity contribution in [2.45, 2.75) is 11.5 Å². The van der Waals surface area contributed by atoms with Gasteiger partial charge in [-0.05, 0) is 60.2 Å². The number of benzene rings is 4. The molecule has 0 fully saturated rings. The number of ether oxygens (including phenoxy) is 1. The van der Waals surface area contributed by atoms with Crippen molar-refractivity contribution < 1.29 is 37.8 Å². The molecule has 198 valence electrons. The average Bonchev–Trinajstić information content (AvgIpc) is 2.93. The SMILES string of the molecule is O=COc1cc(N=Nc2ccc(-c3ccc(N=Nc4ccc(O)c(CO)c4)cc3)c(S(=O)(=O)O)c2)ccc1O. The minimum Gasteiger partial charge on any atom is -0.508 e. The van der Waals surface area contributed by atoms with Crippen LogP contribution in [0, 0.1) is 0 Å². The van der Waals surface area contributed by atoms with Crippen LogP contribution in [0.25, 0.3) is 11.1 Å². The summed E-state index contributed by atoms with van der Waals surface area (Å²) in [4.78, 5) is 10.1. The number of phenolic OH excluding ortho intramolecular Hbond substituents is 1.